The summed E-state index contributed by atoms with van der Waals surface area (Å²) in [6.45, 7) is 3.34. The lowest BCUT2D eigenvalue weighted by molar-refractivity contribution is -0.115. The Morgan fingerprint density at radius 2 is 1.54 bits per heavy atom. The van der Waals surface area contributed by atoms with Gasteiger partial charge in [0.05, 0.1) is 10.6 Å². The Labute approximate surface area is 141 Å². The molecule has 2 aromatic carbocycles. The van der Waals surface area contributed by atoms with E-state index in [1.165, 1.54) is 6.92 Å². The second-order valence-electron chi connectivity index (χ2n) is 5.56. The monoisotopic (exact) mass is 345 g/mol. The fourth-order valence-electron chi connectivity index (χ4n) is 2.10. The zero-order chi connectivity index (χ0) is 17.7. The lowest BCUT2D eigenvalue weighted by atomic mass is 10.1. The van der Waals surface area contributed by atoms with Crippen molar-refractivity contribution >= 4 is 27.2 Å². The number of hydrogen-bond donors (Lipinski definition) is 1. The van der Waals surface area contributed by atoms with Crippen LogP contribution in [0.5, 0.6) is 0 Å². The van der Waals surface area contributed by atoms with Gasteiger partial charge in [0.15, 0.2) is 15.6 Å². The Balaban J connectivity index is 1.95. The van der Waals surface area contributed by atoms with E-state index in [0.29, 0.717) is 11.3 Å². The van der Waals surface area contributed by atoms with Gasteiger partial charge in [-0.1, -0.05) is 17.7 Å². The second-order valence-corrected chi connectivity index (χ2v) is 7.67. The van der Waals surface area contributed by atoms with Gasteiger partial charge in [-0.15, -0.1) is 0 Å². The number of rotatable bonds is 6. The third kappa shape index (κ3) is 4.76. The standard InChI is InChI=1S/C18H19NO4S/c1-13-3-9-17(10-4-13)24(22,23)12-11-18(21)19-16-7-5-15(6-8-16)14(2)20/h3-10H,11-12H2,1-2H3,(H,19,21). The van der Waals surface area contributed by atoms with Gasteiger partial charge < -0.3 is 5.32 Å². The molecule has 126 valence electrons. The van der Waals surface area contributed by atoms with Crippen LogP contribution in [0, 0.1) is 6.92 Å². The predicted octanol–water partition coefficient (Wildman–Crippen LogP) is 3.00. The van der Waals surface area contributed by atoms with Crippen molar-refractivity contribution in [2.75, 3.05) is 11.1 Å². The highest BCUT2D eigenvalue weighted by Gasteiger charge is 2.16. The molecule has 1 N–H and O–H groups in total. The van der Waals surface area contributed by atoms with Crippen LogP contribution in [0.25, 0.3) is 0 Å². The van der Waals surface area contributed by atoms with Gasteiger partial charge in [-0.05, 0) is 50.2 Å². The van der Waals surface area contributed by atoms with Crippen LogP contribution >= 0.6 is 0 Å². The Morgan fingerprint density at radius 3 is 2.08 bits per heavy atom. The SMILES string of the molecule is CC(=O)c1ccc(NC(=O)CCS(=O)(=O)c2ccc(C)cc2)cc1. The zero-order valence-corrected chi connectivity index (χ0v) is 14.4. The van der Waals surface area contributed by atoms with Gasteiger partial charge in [0.2, 0.25) is 5.91 Å². The Bertz CT molecular complexity index is 838. The van der Waals surface area contributed by atoms with Crippen LogP contribution in [0.4, 0.5) is 5.69 Å². The quantitative estimate of drug-likeness (QED) is 0.816. The third-order valence-electron chi connectivity index (χ3n) is 3.55. The predicted molar refractivity (Wildman–Crippen MR) is 92.9 cm³/mol. The third-order valence-corrected chi connectivity index (χ3v) is 5.29. The molecule has 24 heavy (non-hydrogen) atoms. The average Bonchev–Trinajstić information content (AvgIpc) is 2.54. The van der Waals surface area contributed by atoms with Crippen molar-refractivity contribution < 1.29 is 18.0 Å². The van der Waals surface area contributed by atoms with Crippen LogP contribution in [0.2, 0.25) is 0 Å². The first-order valence-electron chi connectivity index (χ1n) is 7.48. The minimum absolute atomic E-state index is 0.0583. The molecular weight excluding hydrogens is 326 g/mol. The van der Waals surface area contributed by atoms with E-state index < -0.39 is 9.84 Å². The molecule has 0 aliphatic rings. The molecule has 0 bridgehead atoms. The maximum atomic E-state index is 12.2. The summed E-state index contributed by atoms with van der Waals surface area (Å²) in [5, 5.41) is 2.63. The summed E-state index contributed by atoms with van der Waals surface area (Å²) in [5.74, 6) is -0.703. The minimum Gasteiger partial charge on any atom is -0.326 e. The minimum atomic E-state index is -3.49. The molecule has 0 aliphatic heterocycles. The molecule has 6 heteroatoms. The Morgan fingerprint density at radius 1 is 0.958 bits per heavy atom. The molecule has 0 saturated heterocycles. The van der Waals surface area contributed by atoms with Crippen molar-refractivity contribution in [2.24, 2.45) is 0 Å². The number of carbonyl (C=O) groups excluding carboxylic acids is 2. The summed E-state index contributed by atoms with van der Waals surface area (Å²) in [7, 11) is -3.49. The van der Waals surface area contributed by atoms with Gasteiger partial charge in [-0.25, -0.2) is 8.42 Å². The lowest BCUT2D eigenvalue weighted by Gasteiger charge is -2.07. The van der Waals surface area contributed by atoms with Crippen LogP contribution in [-0.2, 0) is 14.6 Å². The van der Waals surface area contributed by atoms with Crippen molar-refractivity contribution in [1.29, 1.82) is 0 Å². The van der Waals surface area contributed by atoms with Crippen LogP contribution in [0.15, 0.2) is 53.4 Å². The molecule has 0 radical (unpaired) electrons. The lowest BCUT2D eigenvalue weighted by Crippen LogP contribution is -2.17. The summed E-state index contributed by atoms with van der Waals surface area (Å²) < 4.78 is 24.4. The number of Topliss-reactive ketones (excluding diaryl/α,β-unsaturated/α-hetero) is 1. The highest BCUT2D eigenvalue weighted by Crippen LogP contribution is 2.14. The van der Waals surface area contributed by atoms with E-state index in [2.05, 4.69) is 5.32 Å². The van der Waals surface area contributed by atoms with Gasteiger partial charge in [-0.3, -0.25) is 9.59 Å². The highest BCUT2D eigenvalue weighted by atomic mass is 32.2. The highest BCUT2D eigenvalue weighted by molar-refractivity contribution is 7.91. The van der Waals surface area contributed by atoms with Crippen LogP contribution in [0.3, 0.4) is 0 Å². The second kappa shape index (κ2) is 7.40. The van der Waals surface area contributed by atoms with Gasteiger partial charge in [-0.2, -0.15) is 0 Å². The smallest absolute Gasteiger partial charge is 0.225 e. The van der Waals surface area contributed by atoms with Crippen LogP contribution in [0.1, 0.15) is 29.3 Å². The molecule has 2 aromatic rings. The number of hydrogen-bond acceptors (Lipinski definition) is 4. The number of amides is 1. The van der Waals surface area contributed by atoms with Gasteiger partial charge >= 0.3 is 0 Å². The molecule has 0 heterocycles. The molecule has 0 aromatic heterocycles. The molecule has 0 atom stereocenters. The number of ketones is 1. The molecular formula is C18H19NO4S. The van der Waals surface area contributed by atoms with Crippen LogP contribution < -0.4 is 5.32 Å². The first-order valence-corrected chi connectivity index (χ1v) is 9.13. The summed E-state index contributed by atoms with van der Waals surface area (Å²) in [5.41, 5.74) is 2.05. The van der Waals surface area contributed by atoms with Crippen molar-refractivity contribution in [3.8, 4) is 0 Å². The van der Waals surface area contributed by atoms with E-state index in [0.717, 1.165) is 5.56 Å². The van der Waals surface area contributed by atoms with E-state index >= 15 is 0 Å². The van der Waals surface area contributed by atoms with Crippen LogP contribution in [-0.4, -0.2) is 25.9 Å². The van der Waals surface area contributed by atoms with Crippen molar-refractivity contribution in [2.45, 2.75) is 25.2 Å². The van der Waals surface area contributed by atoms with Crippen molar-refractivity contribution in [3.63, 3.8) is 0 Å². The fourth-order valence-corrected chi connectivity index (χ4v) is 3.34. The molecule has 0 spiro atoms. The fraction of sp³-hybridized carbons (Fsp3) is 0.222. The summed E-state index contributed by atoms with van der Waals surface area (Å²) in [6.07, 6.45) is -0.134. The maximum absolute atomic E-state index is 12.2. The average molecular weight is 345 g/mol. The topological polar surface area (TPSA) is 80.3 Å². The van der Waals surface area contributed by atoms with Crippen molar-refractivity contribution in [1.82, 2.24) is 0 Å². The Hall–Kier alpha value is -2.47. The molecule has 0 fully saturated rings. The van der Waals surface area contributed by atoms with E-state index in [4.69, 9.17) is 0 Å². The number of anilines is 1. The summed E-state index contributed by atoms with van der Waals surface area (Å²) >= 11 is 0. The molecule has 1 amide bonds. The summed E-state index contributed by atoms with van der Waals surface area (Å²) in [4.78, 5) is 23.3. The molecule has 5 nitrogen and oxygen atoms in total. The van der Waals surface area contributed by atoms with Gasteiger partial charge in [0.25, 0.3) is 0 Å². The van der Waals surface area contributed by atoms with E-state index in [1.807, 2.05) is 6.92 Å². The number of nitrogens with one attached hydrogen (secondary N) is 1. The number of benzene rings is 2. The maximum Gasteiger partial charge on any atom is 0.225 e. The number of sulfone groups is 1. The van der Waals surface area contributed by atoms with E-state index in [-0.39, 0.29) is 28.8 Å². The van der Waals surface area contributed by atoms with Crippen molar-refractivity contribution in [3.05, 3.63) is 59.7 Å². The first-order chi connectivity index (χ1) is 11.3. The molecule has 2 rings (SSSR count). The Kier molecular flexibility index (Phi) is 5.51. The van der Waals surface area contributed by atoms with E-state index in [9.17, 15) is 18.0 Å². The largest absolute Gasteiger partial charge is 0.326 e. The molecule has 0 saturated carbocycles. The normalized spacial score (nSPS) is 11.1. The zero-order valence-electron chi connectivity index (χ0n) is 13.6. The van der Waals surface area contributed by atoms with Gasteiger partial charge in [0, 0.05) is 17.7 Å². The number of carbonyl (C=O) groups is 2. The molecule has 0 aliphatic carbocycles. The van der Waals surface area contributed by atoms with E-state index in [1.54, 1.807) is 48.5 Å². The molecule has 0 unspecified atom stereocenters. The first kappa shape index (κ1) is 17.9. The van der Waals surface area contributed by atoms with Gasteiger partial charge in [0.1, 0.15) is 0 Å². The number of aryl methyl sites for hydroxylation is 1. The summed E-state index contributed by atoms with van der Waals surface area (Å²) in [6, 6.07) is 13.0.